The summed E-state index contributed by atoms with van der Waals surface area (Å²) in [6.07, 6.45) is 3.81. The molecule has 0 unspecified atom stereocenters. The van der Waals surface area contributed by atoms with Crippen molar-refractivity contribution in [2.45, 2.75) is 5.22 Å². The Morgan fingerprint density at radius 2 is 2.33 bits per heavy atom. The lowest BCUT2D eigenvalue weighted by Gasteiger charge is -1.97. The van der Waals surface area contributed by atoms with Gasteiger partial charge in [0.25, 0.3) is 11.1 Å². The molecular formula is C9H9N5O3S. The predicted molar refractivity (Wildman–Crippen MR) is 61.6 cm³/mol. The fourth-order valence-electron chi connectivity index (χ4n) is 1.05. The first-order valence-electron chi connectivity index (χ1n) is 4.90. The van der Waals surface area contributed by atoms with Crippen LogP contribution in [0.4, 0.5) is 4.79 Å². The van der Waals surface area contributed by atoms with Gasteiger partial charge in [-0.15, -0.1) is 10.2 Å². The molecule has 0 bridgehead atoms. The summed E-state index contributed by atoms with van der Waals surface area (Å²) < 4.78 is 9.90. The third kappa shape index (κ3) is 3.42. The van der Waals surface area contributed by atoms with Crippen LogP contribution in [0, 0.1) is 0 Å². The average molecular weight is 267 g/mol. The molecule has 2 aromatic heterocycles. The summed E-state index contributed by atoms with van der Waals surface area (Å²) >= 11 is 1.26. The molecule has 2 aromatic rings. The molecule has 0 aliphatic heterocycles. The fraction of sp³-hybridized carbons (Fsp3) is 0.222. The summed E-state index contributed by atoms with van der Waals surface area (Å²) in [7, 11) is 0. The van der Waals surface area contributed by atoms with E-state index in [1.54, 1.807) is 6.20 Å². The molecule has 0 saturated carbocycles. The normalized spacial score (nSPS) is 10.2. The molecule has 1 amide bonds. The molecule has 94 valence electrons. The molecule has 0 aliphatic rings. The van der Waals surface area contributed by atoms with Gasteiger partial charge in [0, 0.05) is 18.1 Å². The molecule has 0 atom stereocenters. The van der Waals surface area contributed by atoms with Crippen molar-refractivity contribution in [1.29, 1.82) is 0 Å². The van der Waals surface area contributed by atoms with E-state index in [1.165, 1.54) is 24.2 Å². The second-order valence-corrected chi connectivity index (χ2v) is 4.03. The Morgan fingerprint density at radius 1 is 1.44 bits per heavy atom. The zero-order valence-corrected chi connectivity index (χ0v) is 9.96. The Bertz CT molecular complexity index is 518. The SMILES string of the molecule is NC(=O)OCCSc1nnc(-c2cnccn2)o1. The molecule has 0 saturated heterocycles. The molecule has 8 nitrogen and oxygen atoms in total. The van der Waals surface area contributed by atoms with Crippen LogP contribution >= 0.6 is 11.8 Å². The van der Waals surface area contributed by atoms with Crippen molar-refractivity contribution < 1.29 is 13.9 Å². The van der Waals surface area contributed by atoms with Gasteiger partial charge < -0.3 is 14.9 Å². The highest BCUT2D eigenvalue weighted by molar-refractivity contribution is 7.99. The number of aromatic nitrogens is 4. The van der Waals surface area contributed by atoms with Gasteiger partial charge in [0.15, 0.2) is 0 Å². The molecule has 2 heterocycles. The number of nitrogens with zero attached hydrogens (tertiary/aromatic N) is 4. The number of amides is 1. The number of carbonyl (C=O) groups is 1. The molecular weight excluding hydrogens is 258 g/mol. The van der Waals surface area contributed by atoms with E-state index in [0.717, 1.165) is 0 Å². The quantitative estimate of drug-likeness (QED) is 0.621. The van der Waals surface area contributed by atoms with E-state index in [-0.39, 0.29) is 6.61 Å². The molecule has 0 radical (unpaired) electrons. The standard InChI is InChI=1S/C9H9N5O3S/c10-8(15)16-3-4-18-9-14-13-7(17-9)6-5-11-1-2-12-6/h1-2,5H,3-4H2,(H2,10,15). The minimum Gasteiger partial charge on any atom is -0.449 e. The third-order valence-corrected chi connectivity index (χ3v) is 2.52. The minimum atomic E-state index is -0.804. The van der Waals surface area contributed by atoms with Gasteiger partial charge in [0.1, 0.15) is 12.3 Å². The highest BCUT2D eigenvalue weighted by Crippen LogP contribution is 2.20. The Balaban J connectivity index is 1.89. The van der Waals surface area contributed by atoms with Crippen LogP contribution in [0.3, 0.4) is 0 Å². The molecule has 0 fully saturated rings. The number of thioether (sulfide) groups is 1. The third-order valence-electron chi connectivity index (χ3n) is 1.74. The summed E-state index contributed by atoms with van der Waals surface area (Å²) in [4.78, 5) is 18.2. The van der Waals surface area contributed by atoms with E-state index in [4.69, 9.17) is 10.2 Å². The van der Waals surface area contributed by atoms with Gasteiger partial charge in [-0.25, -0.2) is 9.78 Å². The van der Waals surface area contributed by atoms with E-state index in [1.807, 2.05) is 0 Å². The van der Waals surface area contributed by atoms with Gasteiger partial charge in [-0.05, 0) is 0 Å². The molecule has 2 rings (SSSR count). The molecule has 18 heavy (non-hydrogen) atoms. The largest absolute Gasteiger partial charge is 0.449 e. The maximum absolute atomic E-state index is 10.3. The van der Waals surface area contributed by atoms with Crippen molar-refractivity contribution in [1.82, 2.24) is 20.2 Å². The van der Waals surface area contributed by atoms with Gasteiger partial charge in [-0.3, -0.25) is 4.98 Å². The number of ether oxygens (including phenoxy) is 1. The number of nitrogens with two attached hydrogens (primary N) is 1. The van der Waals surface area contributed by atoms with Crippen LogP contribution < -0.4 is 5.73 Å². The number of hydrogen-bond acceptors (Lipinski definition) is 8. The molecule has 0 aromatic carbocycles. The maximum Gasteiger partial charge on any atom is 0.404 e. The van der Waals surface area contributed by atoms with Crippen LogP contribution in [0.2, 0.25) is 0 Å². The molecule has 0 spiro atoms. The smallest absolute Gasteiger partial charge is 0.404 e. The van der Waals surface area contributed by atoms with E-state index < -0.39 is 6.09 Å². The average Bonchev–Trinajstić information content (AvgIpc) is 2.84. The maximum atomic E-state index is 10.3. The van der Waals surface area contributed by atoms with Gasteiger partial charge >= 0.3 is 6.09 Å². The van der Waals surface area contributed by atoms with Crippen LogP contribution in [0.15, 0.2) is 28.2 Å². The fourth-order valence-corrected chi connectivity index (χ4v) is 1.63. The Hall–Kier alpha value is -2.16. The van der Waals surface area contributed by atoms with Crippen LogP contribution in [0.25, 0.3) is 11.6 Å². The summed E-state index contributed by atoms with van der Waals surface area (Å²) in [6.45, 7) is 0.183. The van der Waals surface area contributed by atoms with E-state index in [2.05, 4.69) is 24.9 Å². The van der Waals surface area contributed by atoms with Crippen LogP contribution in [0.5, 0.6) is 0 Å². The van der Waals surface area contributed by atoms with Gasteiger partial charge in [-0.1, -0.05) is 11.8 Å². The zero-order valence-electron chi connectivity index (χ0n) is 9.15. The molecule has 9 heteroatoms. The first kappa shape index (κ1) is 12.3. The Labute approximate surface area is 106 Å². The summed E-state index contributed by atoms with van der Waals surface area (Å²) in [6, 6.07) is 0. The zero-order chi connectivity index (χ0) is 12.8. The van der Waals surface area contributed by atoms with Crippen molar-refractivity contribution in [3.05, 3.63) is 18.6 Å². The van der Waals surface area contributed by atoms with Gasteiger partial charge in [0.2, 0.25) is 0 Å². The van der Waals surface area contributed by atoms with Crippen molar-refractivity contribution in [2.75, 3.05) is 12.4 Å². The number of hydrogen-bond donors (Lipinski definition) is 1. The summed E-state index contributed by atoms with van der Waals surface area (Å²) in [5.41, 5.74) is 5.32. The van der Waals surface area contributed by atoms with Crippen LogP contribution in [-0.4, -0.2) is 38.6 Å². The van der Waals surface area contributed by atoms with E-state index >= 15 is 0 Å². The first-order chi connectivity index (χ1) is 8.75. The van der Waals surface area contributed by atoms with E-state index in [0.29, 0.717) is 22.6 Å². The lowest BCUT2D eigenvalue weighted by atomic mass is 10.4. The minimum absolute atomic E-state index is 0.183. The summed E-state index contributed by atoms with van der Waals surface area (Å²) in [5.74, 6) is 0.770. The van der Waals surface area contributed by atoms with Gasteiger partial charge in [-0.2, -0.15) is 0 Å². The lowest BCUT2D eigenvalue weighted by molar-refractivity contribution is 0.164. The first-order valence-corrected chi connectivity index (χ1v) is 5.89. The lowest BCUT2D eigenvalue weighted by Crippen LogP contribution is -2.14. The Kier molecular flexibility index (Phi) is 4.07. The molecule has 0 aliphatic carbocycles. The van der Waals surface area contributed by atoms with E-state index in [9.17, 15) is 4.79 Å². The van der Waals surface area contributed by atoms with Crippen molar-refractivity contribution in [3.63, 3.8) is 0 Å². The predicted octanol–water partition coefficient (Wildman–Crippen LogP) is 0.714. The topological polar surface area (TPSA) is 117 Å². The van der Waals surface area contributed by atoms with Crippen LogP contribution in [0.1, 0.15) is 0 Å². The van der Waals surface area contributed by atoms with Crippen molar-refractivity contribution in [3.8, 4) is 11.6 Å². The second kappa shape index (κ2) is 5.96. The monoisotopic (exact) mass is 267 g/mol. The highest BCUT2D eigenvalue weighted by Gasteiger charge is 2.10. The second-order valence-electron chi connectivity index (χ2n) is 2.98. The number of primary amides is 1. The summed E-state index contributed by atoms with van der Waals surface area (Å²) in [5, 5.41) is 8.01. The van der Waals surface area contributed by atoms with Crippen LogP contribution in [-0.2, 0) is 4.74 Å². The van der Waals surface area contributed by atoms with Crippen molar-refractivity contribution in [2.24, 2.45) is 5.73 Å². The van der Waals surface area contributed by atoms with Gasteiger partial charge in [0.05, 0.1) is 6.20 Å². The molecule has 2 N–H and O–H groups in total. The number of rotatable bonds is 5. The van der Waals surface area contributed by atoms with Crippen molar-refractivity contribution >= 4 is 17.9 Å². The Morgan fingerprint density at radius 3 is 3.06 bits per heavy atom. The number of carbonyl (C=O) groups excluding carboxylic acids is 1. The highest BCUT2D eigenvalue weighted by atomic mass is 32.2.